The highest BCUT2D eigenvalue weighted by Gasteiger charge is 2.13. The Hall–Kier alpha value is -2.29. The molecule has 2 aromatic rings. The molecule has 0 aliphatic heterocycles. The van der Waals surface area contributed by atoms with Crippen molar-refractivity contribution in [1.82, 2.24) is 0 Å². The maximum Gasteiger partial charge on any atom is 0.333 e. The molecule has 0 aliphatic rings. The number of nitrogens with one attached hydrogen (secondary N) is 1. The second kappa shape index (κ2) is 12.2. The van der Waals surface area contributed by atoms with Crippen LogP contribution in [-0.4, -0.2) is 12.0 Å². The summed E-state index contributed by atoms with van der Waals surface area (Å²) in [5, 5.41) is 5.55. The van der Waals surface area contributed by atoms with E-state index in [1.54, 1.807) is 0 Å². The molecule has 0 bridgehead atoms. The van der Waals surface area contributed by atoms with E-state index in [0.29, 0.717) is 0 Å². The van der Waals surface area contributed by atoms with Crippen LogP contribution in [-0.2, 0) is 9.53 Å². The van der Waals surface area contributed by atoms with Crippen molar-refractivity contribution in [3.05, 3.63) is 54.8 Å². The minimum Gasteiger partial charge on any atom is -0.433 e. The monoisotopic (exact) mass is 367 g/mol. The number of anilines is 1. The van der Waals surface area contributed by atoms with Crippen LogP contribution in [0.5, 0.6) is 0 Å². The Balaban J connectivity index is 1.64. The van der Waals surface area contributed by atoms with Crippen molar-refractivity contribution in [2.24, 2.45) is 0 Å². The Morgan fingerprint density at radius 3 is 2.48 bits per heavy atom. The van der Waals surface area contributed by atoms with E-state index >= 15 is 0 Å². The minimum atomic E-state index is -0.394. The van der Waals surface area contributed by atoms with E-state index in [1.165, 1.54) is 50.2 Å². The summed E-state index contributed by atoms with van der Waals surface area (Å²) in [4.78, 5) is 12.1. The van der Waals surface area contributed by atoms with Gasteiger partial charge in [-0.05, 0) is 48.7 Å². The predicted molar refractivity (Wildman–Crippen MR) is 115 cm³/mol. The molecule has 0 aliphatic carbocycles. The second-order valence-electron chi connectivity index (χ2n) is 7.15. The van der Waals surface area contributed by atoms with E-state index in [-0.39, 0.29) is 5.97 Å². The van der Waals surface area contributed by atoms with Crippen LogP contribution in [0.3, 0.4) is 0 Å². The standard InChI is InChI=1S/C24H33NO2/c1-3-4-5-6-7-8-9-10-13-18-27-24(26)20(2)25-23-17-16-21-14-11-12-15-22(21)19-23/h11-20,25H,3-10H2,1-2H3/t20-/m0/s1. The third kappa shape index (κ3) is 7.86. The van der Waals surface area contributed by atoms with Gasteiger partial charge in [0.05, 0.1) is 6.26 Å². The third-order valence-corrected chi connectivity index (χ3v) is 4.74. The van der Waals surface area contributed by atoms with Crippen LogP contribution in [0, 0.1) is 0 Å². The lowest BCUT2D eigenvalue weighted by Crippen LogP contribution is -2.26. The molecule has 0 spiro atoms. The van der Waals surface area contributed by atoms with Gasteiger partial charge in [-0.1, -0.05) is 75.8 Å². The van der Waals surface area contributed by atoms with Crippen LogP contribution in [0.1, 0.15) is 65.2 Å². The molecular weight excluding hydrogens is 334 g/mol. The fourth-order valence-electron chi connectivity index (χ4n) is 3.09. The van der Waals surface area contributed by atoms with E-state index in [2.05, 4.69) is 36.5 Å². The average molecular weight is 368 g/mol. The number of carbonyl (C=O) groups is 1. The van der Waals surface area contributed by atoms with Gasteiger partial charge in [-0.2, -0.15) is 0 Å². The summed E-state index contributed by atoms with van der Waals surface area (Å²) >= 11 is 0. The average Bonchev–Trinajstić information content (AvgIpc) is 2.69. The van der Waals surface area contributed by atoms with Gasteiger partial charge < -0.3 is 10.1 Å². The molecule has 0 amide bonds. The zero-order valence-corrected chi connectivity index (χ0v) is 16.7. The van der Waals surface area contributed by atoms with Crippen molar-refractivity contribution in [2.45, 2.75) is 71.3 Å². The van der Waals surface area contributed by atoms with Gasteiger partial charge in [0.25, 0.3) is 0 Å². The zero-order chi connectivity index (χ0) is 19.3. The molecule has 0 aromatic heterocycles. The number of carbonyl (C=O) groups excluding carboxylic acids is 1. The summed E-state index contributed by atoms with van der Waals surface area (Å²) in [5.74, 6) is -0.265. The molecule has 2 rings (SSSR count). The van der Waals surface area contributed by atoms with E-state index in [4.69, 9.17) is 4.74 Å². The Kier molecular flexibility index (Phi) is 9.47. The van der Waals surface area contributed by atoms with Gasteiger partial charge in [-0.3, -0.25) is 0 Å². The molecule has 0 unspecified atom stereocenters. The number of allylic oxidation sites excluding steroid dienone is 1. The summed E-state index contributed by atoms with van der Waals surface area (Å²) in [6, 6.07) is 13.9. The first-order valence-corrected chi connectivity index (χ1v) is 10.3. The molecule has 3 nitrogen and oxygen atoms in total. The fraction of sp³-hybridized carbons (Fsp3) is 0.458. The van der Waals surface area contributed by atoms with Gasteiger partial charge in [0.15, 0.2) is 0 Å². The maximum atomic E-state index is 12.1. The third-order valence-electron chi connectivity index (χ3n) is 4.74. The summed E-state index contributed by atoms with van der Waals surface area (Å²) < 4.78 is 5.24. The van der Waals surface area contributed by atoms with E-state index < -0.39 is 6.04 Å². The first-order chi connectivity index (χ1) is 13.2. The van der Waals surface area contributed by atoms with Gasteiger partial charge in [-0.25, -0.2) is 4.79 Å². The van der Waals surface area contributed by atoms with Crippen LogP contribution in [0.2, 0.25) is 0 Å². The summed E-state index contributed by atoms with van der Waals surface area (Å²) in [7, 11) is 0. The number of fused-ring (bicyclic) bond motifs is 1. The van der Waals surface area contributed by atoms with Crippen molar-refractivity contribution in [3.63, 3.8) is 0 Å². The molecule has 1 N–H and O–H groups in total. The number of benzene rings is 2. The Bertz CT molecular complexity index is 723. The van der Waals surface area contributed by atoms with Crippen LogP contribution in [0.25, 0.3) is 10.8 Å². The number of esters is 1. The molecule has 27 heavy (non-hydrogen) atoms. The van der Waals surface area contributed by atoms with Crippen LogP contribution < -0.4 is 5.32 Å². The van der Waals surface area contributed by atoms with E-state index in [9.17, 15) is 4.79 Å². The molecule has 0 radical (unpaired) electrons. The number of rotatable bonds is 12. The lowest BCUT2D eigenvalue weighted by Gasteiger charge is -2.13. The summed E-state index contributed by atoms with van der Waals surface area (Å²) in [5.41, 5.74) is 0.921. The Morgan fingerprint density at radius 2 is 1.70 bits per heavy atom. The summed E-state index contributed by atoms with van der Waals surface area (Å²) in [6.45, 7) is 4.06. The van der Waals surface area contributed by atoms with Gasteiger partial charge in [0.1, 0.15) is 6.04 Å². The first kappa shape index (κ1) is 21.0. The molecule has 0 saturated carbocycles. The predicted octanol–water partition coefficient (Wildman–Crippen LogP) is 6.84. The molecule has 0 heterocycles. The normalized spacial score (nSPS) is 12.4. The topological polar surface area (TPSA) is 38.3 Å². The number of ether oxygens (including phenoxy) is 1. The van der Waals surface area contributed by atoms with Crippen LogP contribution >= 0.6 is 0 Å². The molecule has 0 fully saturated rings. The van der Waals surface area contributed by atoms with Gasteiger partial charge in [0.2, 0.25) is 0 Å². The van der Waals surface area contributed by atoms with Gasteiger partial charge in [-0.15, -0.1) is 0 Å². The highest BCUT2D eigenvalue weighted by Crippen LogP contribution is 2.19. The van der Waals surface area contributed by atoms with Gasteiger partial charge >= 0.3 is 5.97 Å². The van der Waals surface area contributed by atoms with Gasteiger partial charge in [0, 0.05) is 5.69 Å². The quantitative estimate of drug-likeness (QED) is 0.253. The van der Waals surface area contributed by atoms with E-state index in [0.717, 1.165) is 23.9 Å². The van der Waals surface area contributed by atoms with Crippen molar-refractivity contribution in [3.8, 4) is 0 Å². The summed E-state index contributed by atoms with van der Waals surface area (Å²) in [6.07, 6.45) is 13.5. The molecule has 3 heteroatoms. The lowest BCUT2D eigenvalue weighted by atomic mass is 10.1. The zero-order valence-electron chi connectivity index (χ0n) is 16.7. The molecular formula is C24H33NO2. The van der Waals surface area contributed by atoms with Crippen molar-refractivity contribution >= 4 is 22.4 Å². The molecule has 146 valence electrons. The highest BCUT2D eigenvalue weighted by atomic mass is 16.5. The largest absolute Gasteiger partial charge is 0.433 e. The molecule has 1 atom stereocenters. The Morgan fingerprint density at radius 1 is 1.00 bits per heavy atom. The molecule has 2 aromatic carbocycles. The number of unbranched alkanes of at least 4 members (excludes halogenated alkanes) is 7. The first-order valence-electron chi connectivity index (χ1n) is 10.3. The van der Waals surface area contributed by atoms with Crippen LogP contribution in [0.4, 0.5) is 5.69 Å². The van der Waals surface area contributed by atoms with Crippen LogP contribution in [0.15, 0.2) is 54.8 Å². The van der Waals surface area contributed by atoms with Crippen molar-refractivity contribution in [2.75, 3.05) is 5.32 Å². The van der Waals surface area contributed by atoms with Crippen molar-refractivity contribution in [1.29, 1.82) is 0 Å². The smallest absolute Gasteiger partial charge is 0.333 e. The molecule has 0 saturated heterocycles. The maximum absolute atomic E-state index is 12.1. The highest BCUT2D eigenvalue weighted by molar-refractivity contribution is 5.87. The number of hydrogen-bond donors (Lipinski definition) is 1. The SMILES string of the molecule is CCCCCCCCCC=COC(=O)[C@H](C)Nc1ccc2ccccc2c1. The minimum absolute atomic E-state index is 0.265. The lowest BCUT2D eigenvalue weighted by molar-refractivity contribution is -0.138. The van der Waals surface area contributed by atoms with E-state index in [1.807, 2.05) is 31.2 Å². The second-order valence-corrected chi connectivity index (χ2v) is 7.15. The Labute approximate surface area is 163 Å². The fourth-order valence-corrected chi connectivity index (χ4v) is 3.09. The van der Waals surface area contributed by atoms with Crippen molar-refractivity contribution < 1.29 is 9.53 Å². The number of hydrogen-bond acceptors (Lipinski definition) is 3.